The van der Waals surface area contributed by atoms with Crippen LogP contribution in [-0.4, -0.2) is 14.7 Å². The monoisotopic (exact) mass is 252 g/mol. The van der Waals surface area contributed by atoms with Crippen molar-refractivity contribution in [3.63, 3.8) is 0 Å². The van der Waals surface area contributed by atoms with Gasteiger partial charge in [0, 0.05) is 6.04 Å². The standard InChI is InChI=1S/C13H14F2N2O/c1-8(2)17-7-16-6-12(17)13(18)9-3-4-10(14)11(15)5-9/h3-8,13,18H,1-2H3. The minimum Gasteiger partial charge on any atom is -0.382 e. The first-order valence-electron chi connectivity index (χ1n) is 5.65. The molecule has 1 atom stereocenters. The Morgan fingerprint density at radius 2 is 1.94 bits per heavy atom. The van der Waals surface area contributed by atoms with Crippen LogP contribution >= 0.6 is 0 Å². The Morgan fingerprint density at radius 3 is 2.56 bits per heavy atom. The van der Waals surface area contributed by atoms with Crippen molar-refractivity contribution in [3.05, 3.63) is 53.6 Å². The molecule has 18 heavy (non-hydrogen) atoms. The summed E-state index contributed by atoms with van der Waals surface area (Å²) in [4.78, 5) is 3.97. The Labute approximate surface area is 104 Å². The number of nitrogens with zero attached hydrogens (tertiary/aromatic N) is 2. The summed E-state index contributed by atoms with van der Waals surface area (Å²) in [6.45, 7) is 3.90. The van der Waals surface area contributed by atoms with Crippen LogP contribution in [0.4, 0.5) is 8.78 Å². The van der Waals surface area contributed by atoms with Gasteiger partial charge in [0.2, 0.25) is 0 Å². The van der Waals surface area contributed by atoms with E-state index in [1.165, 1.54) is 12.3 Å². The number of rotatable bonds is 3. The number of aromatic nitrogens is 2. The van der Waals surface area contributed by atoms with Gasteiger partial charge in [-0.25, -0.2) is 13.8 Å². The molecule has 1 unspecified atom stereocenters. The van der Waals surface area contributed by atoms with Gasteiger partial charge in [-0.3, -0.25) is 0 Å². The van der Waals surface area contributed by atoms with E-state index in [-0.39, 0.29) is 6.04 Å². The van der Waals surface area contributed by atoms with Crippen LogP contribution in [0, 0.1) is 11.6 Å². The zero-order chi connectivity index (χ0) is 13.3. The highest BCUT2D eigenvalue weighted by atomic mass is 19.2. The number of aliphatic hydroxyl groups is 1. The van der Waals surface area contributed by atoms with Crippen molar-refractivity contribution in [1.29, 1.82) is 0 Å². The summed E-state index contributed by atoms with van der Waals surface area (Å²) >= 11 is 0. The lowest BCUT2D eigenvalue weighted by molar-refractivity contribution is 0.207. The van der Waals surface area contributed by atoms with Crippen molar-refractivity contribution in [2.45, 2.75) is 26.0 Å². The molecule has 0 aliphatic rings. The van der Waals surface area contributed by atoms with E-state index in [0.717, 1.165) is 12.1 Å². The molecule has 0 saturated heterocycles. The molecule has 0 bridgehead atoms. The van der Waals surface area contributed by atoms with Gasteiger partial charge in [-0.1, -0.05) is 6.07 Å². The van der Waals surface area contributed by atoms with Gasteiger partial charge >= 0.3 is 0 Å². The van der Waals surface area contributed by atoms with Crippen molar-refractivity contribution in [1.82, 2.24) is 9.55 Å². The summed E-state index contributed by atoms with van der Waals surface area (Å²) in [5, 5.41) is 10.2. The van der Waals surface area contributed by atoms with Crippen molar-refractivity contribution >= 4 is 0 Å². The molecule has 2 rings (SSSR count). The normalized spacial score (nSPS) is 13.0. The van der Waals surface area contributed by atoms with E-state index in [1.807, 2.05) is 13.8 Å². The van der Waals surface area contributed by atoms with Crippen LogP contribution in [0.5, 0.6) is 0 Å². The van der Waals surface area contributed by atoms with E-state index >= 15 is 0 Å². The Hall–Kier alpha value is -1.75. The second-order valence-electron chi connectivity index (χ2n) is 4.40. The summed E-state index contributed by atoms with van der Waals surface area (Å²) in [6.07, 6.45) is 2.10. The highest BCUT2D eigenvalue weighted by Gasteiger charge is 2.18. The molecule has 5 heteroatoms. The molecule has 1 N–H and O–H groups in total. The summed E-state index contributed by atoms with van der Waals surface area (Å²) < 4.78 is 27.8. The first-order valence-corrected chi connectivity index (χ1v) is 5.65. The zero-order valence-electron chi connectivity index (χ0n) is 10.1. The number of hydrogen-bond acceptors (Lipinski definition) is 2. The van der Waals surface area contributed by atoms with Gasteiger partial charge < -0.3 is 9.67 Å². The van der Waals surface area contributed by atoms with Crippen LogP contribution in [0.15, 0.2) is 30.7 Å². The first-order chi connectivity index (χ1) is 8.50. The molecule has 3 nitrogen and oxygen atoms in total. The maximum Gasteiger partial charge on any atom is 0.159 e. The summed E-state index contributed by atoms with van der Waals surface area (Å²) in [7, 11) is 0. The van der Waals surface area contributed by atoms with E-state index in [1.54, 1.807) is 10.9 Å². The maximum absolute atomic E-state index is 13.1. The van der Waals surface area contributed by atoms with E-state index in [2.05, 4.69) is 4.98 Å². The third-order valence-corrected chi connectivity index (χ3v) is 2.79. The maximum atomic E-state index is 13.1. The Kier molecular flexibility index (Phi) is 3.43. The van der Waals surface area contributed by atoms with Crippen molar-refractivity contribution < 1.29 is 13.9 Å². The SMILES string of the molecule is CC(C)n1cncc1C(O)c1ccc(F)c(F)c1. The minimum absolute atomic E-state index is 0.127. The van der Waals surface area contributed by atoms with Crippen molar-refractivity contribution in [3.8, 4) is 0 Å². The molecule has 2 aromatic rings. The molecule has 0 aliphatic heterocycles. The molecule has 96 valence electrons. The zero-order valence-corrected chi connectivity index (χ0v) is 10.1. The van der Waals surface area contributed by atoms with Gasteiger partial charge in [0.05, 0.1) is 18.2 Å². The molecule has 0 amide bonds. The molecule has 0 fully saturated rings. The van der Waals surface area contributed by atoms with Crippen molar-refractivity contribution in [2.75, 3.05) is 0 Å². The fourth-order valence-electron chi connectivity index (χ4n) is 1.81. The number of imidazole rings is 1. The summed E-state index contributed by atoms with van der Waals surface area (Å²) in [5.74, 6) is -1.90. The van der Waals surface area contributed by atoms with Gasteiger partial charge in [-0.05, 0) is 31.5 Å². The topological polar surface area (TPSA) is 38.0 Å². The summed E-state index contributed by atoms with van der Waals surface area (Å²) in [6, 6.07) is 3.49. The van der Waals surface area contributed by atoms with Crippen LogP contribution in [0.1, 0.15) is 37.3 Å². The smallest absolute Gasteiger partial charge is 0.159 e. The second kappa shape index (κ2) is 4.86. The lowest BCUT2D eigenvalue weighted by Crippen LogP contribution is -2.10. The average molecular weight is 252 g/mol. The number of hydrogen-bond donors (Lipinski definition) is 1. The lowest BCUT2D eigenvalue weighted by Gasteiger charge is -2.16. The molecule has 0 spiro atoms. The van der Waals surface area contributed by atoms with Crippen LogP contribution in [0.2, 0.25) is 0 Å². The van der Waals surface area contributed by atoms with E-state index in [9.17, 15) is 13.9 Å². The highest BCUT2D eigenvalue weighted by molar-refractivity contribution is 5.26. The third kappa shape index (κ3) is 2.26. The van der Waals surface area contributed by atoms with Gasteiger partial charge in [-0.2, -0.15) is 0 Å². The molecule has 0 radical (unpaired) electrons. The second-order valence-corrected chi connectivity index (χ2v) is 4.40. The van der Waals surface area contributed by atoms with Crippen LogP contribution in [0.3, 0.4) is 0 Å². The van der Waals surface area contributed by atoms with E-state index in [4.69, 9.17) is 0 Å². The van der Waals surface area contributed by atoms with E-state index in [0.29, 0.717) is 11.3 Å². The average Bonchev–Trinajstić information content (AvgIpc) is 2.81. The predicted octanol–water partition coefficient (Wildman–Crippen LogP) is 2.82. The van der Waals surface area contributed by atoms with Gasteiger partial charge in [0.25, 0.3) is 0 Å². The van der Waals surface area contributed by atoms with Gasteiger partial charge in [-0.15, -0.1) is 0 Å². The molecule has 1 heterocycles. The summed E-state index contributed by atoms with van der Waals surface area (Å²) in [5.41, 5.74) is 0.854. The molecule has 0 aliphatic carbocycles. The lowest BCUT2D eigenvalue weighted by atomic mass is 10.1. The Morgan fingerprint density at radius 1 is 1.22 bits per heavy atom. The van der Waals surface area contributed by atoms with Gasteiger partial charge in [0.1, 0.15) is 6.10 Å². The molecule has 0 saturated carbocycles. The third-order valence-electron chi connectivity index (χ3n) is 2.79. The molecular weight excluding hydrogens is 238 g/mol. The molecular formula is C13H14F2N2O. The van der Waals surface area contributed by atoms with Crippen LogP contribution in [-0.2, 0) is 0 Å². The number of halogens is 2. The van der Waals surface area contributed by atoms with E-state index < -0.39 is 17.7 Å². The quantitative estimate of drug-likeness (QED) is 0.912. The number of aliphatic hydroxyl groups excluding tert-OH is 1. The van der Waals surface area contributed by atoms with Gasteiger partial charge in [0.15, 0.2) is 11.6 Å². The fraction of sp³-hybridized carbons (Fsp3) is 0.308. The van der Waals surface area contributed by atoms with Crippen LogP contribution in [0.25, 0.3) is 0 Å². The Balaban J connectivity index is 2.38. The number of benzene rings is 1. The first kappa shape index (κ1) is 12.7. The van der Waals surface area contributed by atoms with Crippen molar-refractivity contribution in [2.24, 2.45) is 0 Å². The molecule has 1 aromatic carbocycles. The Bertz CT molecular complexity index is 552. The van der Waals surface area contributed by atoms with Crippen LogP contribution < -0.4 is 0 Å². The largest absolute Gasteiger partial charge is 0.382 e. The minimum atomic E-state index is -1.02. The predicted molar refractivity (Wildman–Crippen MR) is 63.0 cm³/mol. The molecule has 1 aromatic heterocycles. The fourth-order valence-corrected chi connectivity index (χ4v) is 1.81. The highest BCUT2D eigenvalue weighted by Crippen LogP contribution is 2.25.